The zero-order valence-corrected chi connectivity index (χ0v) is 7.62. The van der Waals surface area contributed by atoms with Crippen molar-refractivity contribution in [2.24, 2.45) is 0 Å². The molecule has 0 aliphatic rings. The molecule has 0 atom stereocenters. The summed E-state index contributed by atoms with van der Waals surface area (Å²) in [4.78, 5) is 10.8. The van der Waals surface area contributed by atoms with Crippen LogP contribution in [0.3, 0.4) is 0 Å². The van der Waals surface area contributed by atoms with Gasteiger partial charge in [-0.1, -0.05) is 12.1 Å². The predicted molar refractivity (Wildman–Crippen MR) is 51.3 cm³/mol. The molecule has 74 valence electrons. The number of phenols is 1. The van der Waals surface area contributed by atoms with Crippen LogP contribution in [0.25, 0.3) is 6.08 Å². The minimum absolute atomic E-state index is 0.0995. The first-order valence-corrected chi connectivity index (χ1v) is 4.02. The molecular weight excluding hydrogens is 185 g/mol. The fourth-order valence-corrected chi connectivity index (χ4v) is 0.902. The number of benzene rings is 1. The van der Waals surface area contributed by atoms with E-state index in [1.807, 2.05) is 0 Å². The van der Waals surface area contributed by atoms with Gasteiger partial charge in [-0.3, -0.25) is 4.79 Å². The topological polar surface area (TPSA) is 49.3 Å². The Kier molecular flexibility index (Phi) is 3.23. The van der Waals surface area contributed by atoms with Crippen molar-refractivity contribution in [3.8, 4) is 5.75 Å². The van der Waals surface area contributed by atoms with Gasteiger partial charge in [0, 0.05) is 7.05 Å². The van der Waals surface area contributed by atoms with Crippen molar-refractivity contribution >= 4 is 12.0 Å². The van der Waals surface area contributed by atoms with Crippen LogP contribution in [-0.2, 0) is 4.79 Å². The fraction of sp³-hybridized carbons (Fsp3) is 0.100. The number of amides is 1. The van der Waals surface area contributed by atoms with Gasteiger partial charge in [-0.05, 0) is 23.8 Å². The van der Waals surface area contributed by atoms with Gasteiger partial charge >= 0.3 is 0 Å². The molecule has 0 bridgehead atoms. The zero-order chi connectivity index (χ0) is 10.6. The molecule has 14 heavy (non-hydrogen) atoms. The van der Waals surface area contributed by atoms with E-state index in [1.54, 1.807) is 0 Å². The summed E-state index contributed by atoms with van der Waals surface area (Å²) in [5, 5.41) is 11.1. The number of halogens is 1. The molecule has 1 aromatic rings. The van der Waals surface area contributed by atoms with Crippen molar-refractivity contribution < 1.29 is 14.3 Å². The number of nitrogens with one attached hydrogen (secondary N) is 1. The molecular formula is C10H10FNO2. The first-order chi connectivity index (χ1) is 6.63. The number of aromatic hydroxyl groups is 1. The SMILES string of the molecule is CNC(=O)/C(F)=C/c1ccc(O)cc1. The van der Waals surface area contributed by atoms with Crippen molar-refractivity contribution in [3.63, 3.8) is 0 Å². The summed E-state index contributed by atoms with van der Waals surface area (Å²) in [6.07, 6.45) is 1.10. The second kappa shape index (κ2) is 4.41. The highest BCUT2D eigenvalue weighted by molar-refractivity contribution is 5.95. The van der Waals surface area contributed by atoms with E-state index in [9.17, 15) is 9.18 Å². The Hall–Kier alpha value is -1.84. The Balaban J connectivity index is 2.86. The maximum absolute atomic E-state index is 13.0. The third-order valence-electron chi connectivity index (χ3n) is 1.63. The normalized spacial score (nSPS) is 11.1. The number of hydrogen-bond donors (Lipinski definition) is 2. The number of carbonyl (C=O) groups is 1. The molecule has 0 aromatic heterocycles. The first-order valence-electron chi connectivity index (χ1n) is 4.02. The molecule has 1 aromatic carbocycles. The van der Waals surface area contributed by atoms with Gasteiger partial charge in [-0.15, -0.1) is 0 Å². The molecule has 0 aliphatic carbocycles. The number of hydrogen-bond acceptors (Lipinski definition) is 2. The molecule has 0 aliphatic heterocycles. The second-order valence-corrected chi connectivity index (χ2v) is 2.66. The standard InChI is InChI=1S/C10H10FNO2/c1-12-10(14)9(11)6-7-2-4-8(13)5-3-7/h2-6,13H,1H3,(H,12,14)/b9-6-. The van der Waals surface area contributed by atoms with E-state index in [1.165, 1.54) is 31.3 Å². The highest BCUT2D eigenvalue weighted by Gasteiger charge is 2.04. The smallest absolute Gasteiger partial charge is 0.279 e. The molecule has 0 heterocycles. The summed E-state index contributed by atoms with van der Waals surface area (Å²) >= 11 is 0. The molecule has 0 unspecified atom stereocenters. The molecule has 2 N–H and O–H groups in total. The number of rotatable bonds is 2. The first kappa shape index (κ1) is 10.2. The summed E-state index contributed by atoms with van der Waals surface area (Å²) in [5.41, 5.74) is 0.518. The Labute approximate surface area is 80.9 Å². The lowest BCUT2D eigenvalue weighted by atomic mass is 10.2. The van der Waals surface area contributed by atoms with Crippen LogP contribution < -0.4 is 5.32 Å². The second-order valence-electron chi connectivity index (χ2n) is 2.66. The quantitative estimate of drug-likeness (QED) is 0.701. The Morgan fingerprint density at radius 1 is 1.43 bits per heavy atom. The highest BCUT2D eigenvalue weighted by Crippen LogP contribution is 2.13. The summed E-state index contributed by atoms with van der Waals surface area (Å²) in [6, 6.07) is 5.86. The molecule has 4 heteroatoms. The maximum Gasteiger partial charge on any atom is 0.279 e. The average Bonchev–Trinajstić information content (AvgIpc) is 2.20. The van der Waals surface area contributed by atoms with Crippen LogP contribution in [0.15, 0.2) is 30.1 Å². The third-order valence-corrected chi connectivity index (χ3v) is 1.63. The van der Waals surface area contributed by atoms with Crippen LogP contribution in [0, 0.1) is 0 Å². The minimum Gasteiger partial charge on any atom is -0.508 e. The van der Waals surface area contributed by atoms with Crippen LogP contribution in [0.2, 0.25) is 0 Å². The molecule has 0 saturated carbocycles. The Bertz CT molecular complexity index is 357. The van der Waals surface area contributed by atoms with Gasteiger partial charge in [0.05, 0.1) is 0 Å². The third kappa shape index (κ3) is 2.58. The van der Waals surface area contributed by atoms with Gasteiger partial charge in [-0.2, -0.15) is 0 Å². The van der Waals surface area contributed by atoms with Crippen LogP contribution in [0.4, 0.5) is 4.39 Å². The maximum atomic E-state index is 13.0. The summed E-state index contributed by atoms with van der Waals surface area (Å²) in [7, 11) is 1.35. The summed E-state index contributed by atoms with van der Waals surface area (Å²) in [6.45, 7) is 0. The zero-order valence-electron chi connectivity index (χ0n) is 7.62. The van der Waals surface area contributed by atoms with Gasteiger partial charge in [0.1, 0.15) is 5.75 Å². The van der Waals surface area contributed by atoms with Gasteiger partial charge in [0.15, 0.2) is 5.83 Å². The van der Waals surface area contributed by atoms with E-state index in [0.29, 0.717) is 5.56 Å². The van der Waals surface area contributed by atoms with Crippen molar-refractivity contribution in [1.82, 2.24) is 5.32 Å². The van der Waals surface area contributed by atoms with Crippen molar-refractivity contribution in [3.05, 3.63) is 35.7 Å². The molecule has 1 amide bonds. The Morgan fingerprint density at radius 2 is 2.00 bits per heavy atom. The summed E-state index contributed by atoms with van der Waals surface area (Å²) < 4.78 is 13.0. The van der Waals surface area contributed by atoms with E-state index in [2.05, 4.69) is 5.32 Å². The van der Waals surface area contributed by atoms with E-state index in [0.717, 1.165) is 6.08 Å². The van der Waals surface area contributed by atoms with Crippen molar-refractivity contribution in [1.29, 1.82) is 0 Å². The summed E-state index contributed by atoms with van der Waals surface area (Å²) in [5.74, 6) is -1.53. The lowest BCUT2D eigenvalue weighted by Gasteiger charge is -1.96. The van der Waals surface area contributed by atoms with Gasteiger partial charge < -0.3 is 10.4 Å². The van der Waals surface area contributed by atoms with E-state index < -0.39 is 11.7 Å². The monoisotopic (exact) mass is 195 g/mol. The van der Waals surface area contributed by atoms with Crippen LogP contribution in [-0.4, -0.2) is 18.1 Å². The highest BCUT2D eigenvalue weighted by atomic mass is 19.1. The number of carbonyl (C=O) groups excluding carboxylic acids is 1. The largest absolute Gasteiger partial charge is 0.508 e. The predicted octanol–water partition coefficient (Wildman–Crippen LogP) is 1.45. The van der Waals surface area contributed by atoms with Crippen molar-refractivity contribution in [2.75, 3.05) is 7.05 Å². The number of phenolic OH excluding ortho intramolecular Hbond substituents is 1. The van der Waals surface area contributed by atoms with E-state index in [-0.39, 0.29) is 5.75 Å². The van der Waals surface area contributed by atoms with Crippen molar-refractivity contribution in [2.45, 2.75) is 0 Å². The van der Waals surface area contributed by atoms with E-state index >= 15 is 0 Å². The molecule has 0 spiro atoms. The molecule has 0 saturated heterocycles. The number of likely N-dealkylation sites (N-methyl/N-ethyl adjacent to an activating group) is 1. The lowest BCUT2D eigenvalue weighted by Crippen LogP contribution is -2.17. The molecule has 3 nitrogen and oxygen atoms in total. The van der Waals surface area contributed by atoms with Gasteiger partial charge in [0.2, 0.25) is 0 Å². The van der Waals surface area contributed by atoms with E-state index in [4.69, 9.17) is 5.11 Å². The lowest BCUT2D eigenvalue weighted by molar-refractivity contribution is -0.118. The van der Waals surface area contributed by atoms with Crippen LogP contribution >= 0.6 is 0 Å². The van der Waals surface area contributed by atoms with Crippen LogP contribution in [0.1, 0.15) is 5.56 Å². The fourth-order valence-electron chi connectivity index (χ4n) is 0.902. The van der Waals surface area contributed by atoms with Crippen LogP contribution in [0.5, 0.6) is 5.75 Å². The molecule has 0 radical (unpaired) electrons. The Morgan fingerprint density at radius 3 is 2.50 bits per heavy atom. The molecule has 1 rings (SSSR count). The average molecular weight is 195 g/mol. The molecule has 0 fully saturated rings. The minimum atomic E-state index is -0.863. The van der Waals surface area contributed by atoms with Gasteiger partial charge in [-0.25, -0.2) is 4.39 Å². The van der Waals surface area contributed by atoms with Gasteiger partial charge in [0.25, 0.3) is 5.91 Å².